The number of ketones is 1. The first-order chi connectivity index (χ1) is 13.1. The van der Waals surface area contributed by atoms with Gasteiger partial charge < -0.3 is 15.4 Å². The number of ether oxygens (including phenoxy) is 1. The first kappa shape index (κ1) is 19.0. The minimum atomic E-state index is -0.630. The number of morpholine rings is 1. The van der Waals surface area contributed by atoms with Crippen LogP contribution in [0, 0.1) is 5.82 Å². The number of nitrogens with two attached hydrogens (primary N) is 1. The van der Waals surface area contributed by atoms with Crippen LogP contribution in [-0.4, -0.2) is 49.6 Å². The highest BCUT2D eigenvalue weighted by atomic mass is 19.1. The van der Waals surface area contributed by atoms with E-state index in [1.54, 1.807) is 15.9 Å². The van der Waals surface area contributed by atoms with E-state index in [4.69, 9.17) is 10.5 Å². The molecule has 6 nitrogen and oxygen atoms in total. The van der Waals surface area contributed by atoms with Gasteiger partial charge in [-0.1, -0.05) is 24.3 Å². The lowest BCUT2D eigenvalue weighted by molar-refractivity contribution is 0.0548. The molecule has 0 aliphatic carbocycles. The molecule has 1 heterocycles. The Morgan fingerprint density at radius 1 is 1.11 bits per heavy atom. The third kappa shape index (κ3) is 4.50. The molecule has 0 spiro atoms. The van der Waals surface area contributed by atoms with Gasteiger partial charge in [0.15, 0.2) is 5.78 Å². The van der Waals surface area contributed by atoms with Crippen LogP contribution in [-0.2, 0) is 11.3 Å². The fourth-order valence-electron chi connectivity index (χ4n) is 2.98. The Kier molecular flexibility index (Phi) is 6.16. The summed E-state index contributed by atoms with van der Waals surface area (Å²) in [6, 6.07) is 13.4. The molecule has 0 aromatic heterocycles. The normalized spacial score (nSPS) is 14.1. The lowest BCUT2D eigenvalue weighted by Gasteiger charge is -2.33. The SMILES string of the molecule is NCC(=O)c1ccc(CN(C(=O)N2CCOCC2)c2ccccc2)cc1F. The standard InChI is InChI=1S/C20H22FN3O3/c21-18-12-15(6-7-17(18)19(25)13-22)14-24(16-4-2-1-3-5-16)20(26)23-8-10-27-11-9-23/h1-7,12H,8-11,13-14,22H2. The van der Waals surface area contributed by atoms with E-state index in [0.29, 0.717) is 31.9 Å². The molecule has 1 fully saturated rings. The van der Waals surface area contributed by atoms with Crippen molar-refractivity contribution in [1.82, 2.24) is 4.90 Å². The summed E-state index contributed by atoms with van der Waals surface area (Å²) in [5.41, 5.74) is 6.58. The number of amides is 2. The number of Topliss-reactive ketones (excluding diaryl/α,β-unsaturated/α-hetero) is 1. The summed E-state index contributed by atoms with van der Waals surface area (Å²) in [5, 5.41) is 0. The zero-order valence-corrected chi connectivity index (χ0v) is 14.9. The molecular formula is C20H22FN3O3. The van der Waals surface area contributed by atoms with Crippen molar-refractivity contribution in [2.45, 2.75) is 6.54 Å². The zero-order valence-electron chi connectivity index (χ0n) is 14.9. The molecular weight excluding hydrogens is 349 g/mol. The Bertz CT molecular complexity index is 807. The molecule has 1 aliphatic heterocycles. The first-order valence-corrected chi connectivity index (χ1v) is 8.81. The highest BCUT2D eigenvalue weighted by Gasteiger charge is 2.24. The van der Waals surface area contributed by atoms with Crippen molar-refractivity contribution in [3.05, 3.63) is 65.5 Å². The maximum Gasteiger partial charge on any atom is 0.324 e. The summed E-state index contributed by atoms with van der Waals surface area (Å²) >= 11 is 0. The Labute approximate surface area is 157 Å². The van der Waals surface area contributed by atoms with Gasteiger partial charge in [0.1, 0.15) is 5.82 Å². The molecule has 2 N–H and O–H groups in total. The van der Waals surface area contributed by atoms with Crippen LogP contribution >= 0.6 is 0 Å². The van der Waals surface area contributed by atoms with E-state index in [1.165, 1.54) is 12.1 Å². The van der Waals surface area contributed by atoms with Gasteiger partial charge in [-0.15, -0.1) is 0 Å². The number of carbonyl (C=O) groups excluding carboxylic acids is 2. The van der Waals surface area contributed by atoms with Gasteiger partial charge in [-0.3, -0.25) is 9.69 Å². The van der Waals surface area contributed by atoms with Gasteiger partial charge in [0, 0.05) is 18.8 Å². The van der Waals surface area contributed by atoms with E-state index >= 15 is 0 Å². The average Bonchev–Trinajstić information content (AvgIpc) is 2.72. The molecule has 3 rings (SSSR count). The fraction of sp³-hybridized carbons (Fsp3) is 0.300. The van der Waals surface area contributed by atoms with Crippen molar-refractivity contribution in [3.8, 4) is 0 Å². The summed E-state index contributed by atoms with van der Waals surface area (Å²) in [7, 11) is 0. The predicted molar refractivity (Wildman–Crippen MR) is 100 cm³/mol. The second kappa shape index (κ2) is 8.75. The number of rotatable bonds is 5. The van der Waals surface area contributed by atoms with Gasteiger partial charge in [-0.05, 0) is 29.8 Å². The molecule has 1 saturated heterocycles. The van der Waals surface area contributed by atoms with Crippen molar-refractivity contribution in [3.63, 3.8) is 0 Å². The third-order valence-electron chi connectivity index (χ3n) is 4.44. The van der Waals surface area contributed by atoms with Crippen molar-refractivity contribution >= 4 is 17.5 Å². The van der Waals surface area contributed by atoms with E-state index < -0.39 is 11.6 Å². The summed E-state index contributed by atoms with van der Waals surface area (Å²) in [6.45, 7) is 1.97. The summed E-state index contributed by atoms with van der Waals surface area (Å²) in [4.78, 5) is 28.0. The number of anilines is 1. The average molecular weight is 371 g/mol. The first-order valence-electron chi connectivity index (χ1n) is 8.81. The van der Waals surface area contributed by atoms with E-state index in [0.717, 1.165) is 5.69 Å². The Balaban J connectivity index is 1.86. The molecule has 2 aromatic rings. The molecule has 1 aliphatic rings. The molecule has 0 radical (unpaired) electrons. The van der Waals surface area contributed by atoms with Crippen LogP contribution < -0.4 is 10.6 Å². The van der Waals surface area contributed by atoms with Crippen molar-refractivity contribution < 1.29 is 18.7 Å². The van der Waals surface area contributed by atoms with Crippen molar-refractivity contribution in [1.29, 1.82) is 0 Å². The Morgan fingerprint density at radius 2 is 1.81 bits per heavy atom. The van der Waals surface area contributed by atoms with Crippen LogP contribution in [0.1, 0.15) is 15.9 Å². The van der Waals surface area contributed by atoms with Gasteiger partial charge >= 0.3 is 6.03 Å². The van der Waals surface area contributed by atoms with Gasteiger partial charge in [0.25, 0.3) is 0 Å². The van der Waals surface area contributed by atoms with Gasteiger partial charge in [-0.2, -0.15) is 0 Å². The van der Waals surface area contributed by atoms with E-state index in [2.05, 4.69) is 0 Å². The molecule has 142 valence electrons. The number of urea groups is 1. The highest BCUT2D eigenvalue weighted by Crippen LogP contribution is 2.21. The number of halogens is 1. The quantitative estimate of drug-likeness (QED) is 0.819. The molecule has 0 atom stereocenters. The maximum absolute atomic E-state index is 14.3. The van der Waals surface area contributed by atoms with Gasteiger partial charge in [0.2, 0.25) is 0 Å². The second-order valence-electron chi connectivity index (χ2n) is 6.25. The zero-order chi connectivity index (χ0) is 19.2. The monoisotopic (exact) mass is 371 g/mol. The minimum absolute atomic E-state index is 0.0352. The third-order valence-corrected chi connectivity index (χ3v) is 4.44. The number of carbonyl (C=O) groups is 2. The van der Waals surface area contributed by atoms with Crippen molar-refractivity contribution in [2.75, 3.05) is 37.7 Å². The Morgan fingerprint density at radius 3 is 2.44 bits per heavy atom. The van der Waals surface area contributed by atoms with Crippen LogP contribution in [0.3, 0.4) is 0 Å². The summed E-state index contributed by atoms with van der Waals surface area (Å²) < 4.78 is 19.6. The molecule has 2 aromatic carbocycles. The summed E-state index contributed by atoms with van der Waals surface area (Å²) in [6.07, 6.45) is 0. The van der Waals surface area contributed by atoms with Crippen LogP contribution in [0.15, 0.2) is 48.5 Å². The number of benzene rings is 2. The number of hydrogen-bond donors (Lipinski definition) is 1. The van der Waals surface area contributed by atoms with Gasteiger partial charge in [-0.25, -0.2) is 9.18 Å². The van der Waals surface area contributed by atoms with Crippen LogP contribution in [0.25, 0.3) is 0 Å². The van der Waals surface area contributed by atoms with E-state index in [1.807, 2.05) is 30.3 Å². The number of nitrogens with zero attached hydrogens (tertiary/aromatic N) is 2. The van der Waals surface area contributed by atoms with E-state index in [-0.39, 0.29) is 24.7 Å². The lowest BCUT2D eigenvalue weighted by Crippen LogP contribution is -2.48. The molecule has 0 saturated carbocycles. The molecule has 0 bridgehead atoms. The molecule has 0 unspecified atom stereocenters. The number of para-hydroxylation sites is 1. The predicted octanol–water partition coefficient (Wildman–Crippen LogP) is 2.43. The largest absolute Gasteiger partial charge is 0.378 e. The Hall–Kier alpha value is -2.77. The lowest BCUT2D eigenvalue weighted by atomic mass is 10.1. The van der Waals surface area contributed by atoms with Crippen molar-refractivity contribution in [2.24, 2.45) is 5.73 Å². The van der Waals surface area contributed by atoms with E-state index in [9.17, 15) is 14.0 Å². The fourth-order valence-corrected chi connectivity index (χ4v) is 2.98. The topological polar surface area (TPSA) is 75.9 Å². The molecule has 27 heavy (non-hydrogen) atoms. The molecule has 7 heteroatoms. The van der Waals surface area contributed by atoms with Gasteiger partial charge in [0.05, 0.1) is 31.9 Å². The second-order valence-corrected chi connectivity index (χ2v) is 6.25. The maximum atomic E-state index is 14.3. The molecule has 2 amide bonds. The van der Waals surface area contributed by atoms with Crippen LogP contribution in [0.4, 0.5) is 14.9 Å². The van der Waals surface area contributed by atoms with Crippen LogP contribution in [0.2, 0.25) is 0 Å². The van der Waals surface area contributed by atoms with Crippen LogP contribution in [0.5, 0.6) is 0 Å². The number of hydrogen-bond acceptors (Lipinski definition) is 4. The highest BCUT2D eigenvalue weighted by molar-refractivity contribution is 5.97. The minimum Gasteiger partial charge on any atom is -0.378 e. The summed E-state index contributed by atoms with van der Waals surface area (Å²) in [5.74, 6) is -1.09. The smallest absolute Gasteiger partial charge is 0.324 e.